The van der Waals surface area contributed by atoms with Gasteiger partial charge in [0.1, 0.15) is 0 Å². The van der Waals surface area contributed by atoms with Gasteiger partial charge in [0.2, 0.25) is 0 Å². The summed E-state index contributed by atoms with van der Waals surface area (Å²) in [7, 11) is 0. The van der Waals surface area contributed by atoms with Gasteiger partial charge in [0.15, 0.2) is 0 Å². The first-order chi connectivity index (χ1) is 8.27. The molecule has 2 aromatic heterocycles. The Labute approximate surface area is 102 Å². The molecule has 0 unspecified atom stereocenters. The summed E-state index contributed by atoms with van der Waals surface area (Å²) >= 11 is 0. The van der Waals surface area contributed by atoms with Gasteiger partial charge < -0.3 is 5.32 Å². The summed E-state index contributed by atoms with van der Waals surface area (Å²) in [6, 6.07) is 8.58. The molecule has 4 nitrogen and oxygen atoms in total. The van der Waals surface area contributed by atoms with Crippen LogP contribution in [-0.2, 0) is 6.54 Å². The second-order valence-corrected chi connectivity index (χ2v) is 4.22. The minimum Gasteiger partial charge on any atom is -0.307 e. The first-order valence-electron chi connectivity index (χ1n) is 5.90. The van der Waals surface area contributed by atoms with Crippen LogP contribution in [0.15, 0.2) is 42.9 Å². The van der Waals surface area contributed by atoms with Crippen LogP contribution in [0, 0.1) is 0 Å². The highest BCUT2D eigenvalue weighted by molar-refractivity contribution is 5.03. The third-order valence-corrected chi connectivity index (χ3v) is 3.00. The van der Waals surface area contributed by atoms with Gasteiger partial charge in [0.05, 0.1) is 11.7 Å². The zero-order valence-electron chi connectivity index (χ0n) is 10.2. The Morgan fingerprint density at radius 1 is 1.24 bits per heavy atom. The quantitative estimate of drug-likeness (QED) is 0.854. The SMILES string of the molecule is C[C@@H](NCc1ccccn1)[C@H](C)n1cccn1. The van der Waals surface area contributed by atoms with Crippen LogP contribution in [-0.4, -0.2) is 20.8 Å². The molecule has 0 saturated heterocycles. The predicted octanol–water partition coefficient (Wildman–Crippen LogP) is 2.02. The molecule has 0 saturated carbocycles. The average Bonchev–Trinajstić information content (AvgIpc) is 2.90. The molecule has 2 aromatic rings. The zero-order valence-corrected chi connectivity index (χ0v) is 10.2. The van der Waals surface area contributed by atoms with Crippen LogP contribution in [0.3, 0.4) is 0 Å². The van der Waals surface area contributed by atoms with E-state index in [-0.39, 0.29) is 0 Å². The molecule has 2 heterocycles. The maximum Gasteiger partial charge on any atom is 0.0641 e. The molecule has 0 spiro atoms. The van der Waals surface area contributed by atoms with Gasteiger partial charge in [-0.2, -0.15) is 5.10 Å². The molecule has 0 radical (unpaired) electrons. The number of rotatable bonds is 5. The Hall–Kier alpha value is -1.68. The number of nitrogens with one attached hydrogen (secondary N) is 1. The van der Waals surface area contributed by atoms with Gasteiger partial charge in [-0.1, -0.05) is 6.07 Å². The summed E-state index contributed by atoms with van der Waals surface area (Å²) in [5.74, 6) is 0. The Morgan fingerprint density at radius 3 is 2.76 bits per heavy atom. The molecule has 1 N–H and O–H groups in total. The highest BCUT2D eigenvalue weighted by Crippen LogP contribution is 2.09. The summed E-state index contributed by atoms with van der Waals surface area (Å²) in [6.45, 7) is 5.10. The fourth-order valence-electron chi connectivity index (χ4n) is 1.69. The normalized spacial score (nSPS) is 14.5. The molecule has 0 bridgehead atoms. The lowest BCUT2D eigenvalue weighted by molar-refractivity contribution is 0.364. The van der Waals surface area contributed by atoms with Gasteiger partial charge >= 0.3 is 0 Å². The fraction of sp³-hybridized carbons (Fsp3) is 0.385. The van der Waals surface area contributed by atoms with Crippen molar-refractivity contribution in [1.29, 1.82) is 0 Å². The van der Waals surface area contributed by atoms with E-state index in [1.807, 2.05) is 47.5 Å². The van der Waals surface area contributed by atoms with Crippen molar-refractivity contribution in [2.45, 2.75) is 32.5 Å². The molecule has 0 aromatic carbocycles. The first kappa shape index (κ1) is 11.8. The van der Waals surface area contributed by atoms with E-state index < -0.39 is 0 Å². The van der Waals surface area contributed by atoms with Gasteiger partial charge in [-0.05, 0) is 32.0 Å². The number of nitrogens with zero attached hydrogens (tertiary/aromatic N) is 3. The van der Waals surface area contributed by atoms with Crippen LogP contribution in [0.25, 0.3) is 0 Å². The lowest BCUT2D eigenvalue weighted by Crippen LogP contribution is -2.33. The third kappa shape index (κ3) is 3.14. The maximum absolute atomic E-state index is 4.29. The highest BCUT2D eigenvalue weighted by Gasteiger charge is 2.13. The first-order valence-corrected chi connectivity index (χ1v) is 5.90. The average molecular weight is 230 g/mol. The second kappa shape index (κ2) is 5.59. The molecule has 0 aliphatic carbocycles. The molecule has 0 aliphatic rings. The van der Waals surface area contributed by atoms with Gasteiger partial charge in [-0.25, -0.2) is 0 Å². The monoisotopic (exact) mass is 230 g/mol. The number of pyridine rings is 1. The van der Waals surface area contributed by atoms with E-state index in [1.54, 1.807) is 0 Å². The Balaban J connectivity index is 1.87. The van der Waals surface area contributed by atoms with Gasteiger partial charge in [-0.3, -0.25) is 9.67 Å². The Kier molecular flexibility index (Phi) is 3.88. The maximum atomic E-state index is 4.29. The zero-order chi connectivity index (χ0) is 12.1. The van der Waals surface area contributed by atoms with Gasteiger partial charge in [0.25, 0.3) is 0 Å². The lowest BCUT2D eigenvalue weighted by atomic mass is 10.1. The lowest BCUT2D eigenvalue weighted by Gasteiger charge is -2.21. The van der Waals surface area contributed by atoms with Gasteiger partial charge in [0, 0.05) is 31.2 Å². The van der Waals surface area contributed by atoms with Crippen LogP contribution >= 0.6 is 0 Å². The van der Waals surface area contributed by atoms with E-state index >= 15 is 0 Å². The fourth-order valence-corrected chi connectivity index (χ4v) is 1.69. The van der Waals surface area contributed by atoms with E-state index in [1.165, 1.54) is 0 Å². The highest BCUT2D eigenvalue weighted by atomic mass is 15.3. The smallest absolute Gasteiger partial charge is 0.0641 e. The van der Waals surface area contributed by atoms with E-state index in [0.29, 0.717) is 12.1 Å². The van der Waals surface area contributed by atoms with Crippen molar-refractivity contribution in [3.8, 4) is 0 Å². The number of hydrogen-bond donors (Lipinski definition) is 1. The Bertz CT molecular complexity index is 424. The topological polar surface area (TPSA) is 42.7 Å². The van der Waals surface area contributed by atoms with Crippen LogP contribution in [0.2, 0.25) is 0 Å². The molecular formula is C13H18N4. The minimum absolute atomic E-state index is 0.328. The van der Waals surface area contributed by atoms with E-state index in [2.05, 4.69) is 29.2 Å². The summed E-state index contributed by atoms with van der Waals surface area (Å²) in [6.07, 6.45) is 5.62. The van der Waals surface area contributed by atoms with Crippen molar-refractivity contribution in [2.75, 3.05) is 0 Å². The van der Waals surface area contributed by atoms with E-state index in [9.17, 15) is 0 Å². The third-order valence-electron chi connectivity index (χ3n) is 3.00. The molecule has 0 aliphatic heterocycles. The molecular weight excluding hydrogens is 212 g/mol. The standard InChI is InChI=1S/C13H18N4/c1-11(12(2)17-9-5-8-16-17)15-10-13-6-3-4-7-14-13/h3-9,11-12,15H,10H2,1-2H3/t11-,12+/m1/s1. The van der Waals surface area contributed by atoms with Crippen LogP contribution in [0.5, 0.6) is 0 Å². The van der Waals surface area contributed by atoms with Crippen LogP contribution < -0.4 is 5.32 Å². The molecule has 90 valence electrons. The van der Waals surface area contributed by atoms with Crippen molar-refractivity contribution in [3.05, 3.63) is 48.5 Å². The van der Waals surface area contributed by atoms with Crippen molar-refractivity contribution < 1.29 is 0 Å². The largest absolute Gasteiger partial charge is 0.307 e. The van der Waals surface area contributed by atoms with Crippen molar-refractivity contribution in [2.24, 2.45) is 0 Å². The predicted molar refractivity (Wildman–Crippen MR) is 67.5 cm³/mol. The summed E-state index contributed by atoms with van der Waals surface area (Å²) in [4.78, 5) is 4.29. The van der Waals surface area contributed by atoms with Crippen molar-refractivity contribution in [1.82, 2.24) is 20.1 Å². The molecule has 2 rings (SSSR count). The molecule has 17 heavy (non-hydrogen) atoms. The van der Waals surface area contributed by atoms with E-state index in [0.717, 1.165) is 12.2 Å². The summed E-state index contributed by atoms with van der Waals surface area (Å²) < 4.78 is 1.97. The molecule has 0 fully saturated rings. The minimum atomic E-state index is 0.328. The molecule has 0 amide bonds. The summed E-state index contributed by atoms with van der Waals surface area (Å²) in [5.41, 5.74) is 1.06. The van der Waals surface area contributed by atoms with Gasteiger partial charge in [-0.15, -0.1) is 0 Å². The summed E-state index contributed by atoms with van der Waals surface area (Å²) in [5, 5.41) is 7.72. The second-order valence-electron chi connectivity index (χ2n) is 4.22. The van der Waals surface area contributed by atoms with Crippen molar-refractivity contribution >= 4 is 0 Å². The Morgan fingerprint density at radius 2 is 2.12 bits per heavy atom. The van der Waals surface area contributed by atoms with Crippen LogP contribution in [0.4, 0.5) is 0 Å². The number of aromatic nitrogens is 3. The molecule has 2 atom stereocenters. The van der Waals surface area contributed by atoms with E-state index in [4.69, 9.17) is 0 Å². The number of hydrogen-bond acceptors (Lipinski definition) is 3. The molecule has 4 heteroatoms. The van der Waals surface area contributed by atoms with Crippen LogP contribution in [0.1, 0.15) is 25.6 Å². The van der Waals surface area contributed by atoms with Crippen molar-refractivity contribution in [3.63, 3.8) is 0 Å².